The Kier molecular flexibility index (Phi) is 8.33. The highest BCUT2D eigenvalue weighted by atomic mass is 16.3. The molecule has 2 aliphatic rings. The van der Waals surface area contributed by atoms with Crippen molar-refractivity contribution in [3.8, 4) is 62.5 Å². The normalized spacial score (nSPS) is 20.6. The minimum absolute atomic E-state index is 0.323. The molecular weight excluding hydrogens is 687 g/mol. The lowest BCUT2D eigenvalue weighted by Gasteiger charge is -2.50. The minimum atomic E-state index is 0.323. The van der Waals surface area contributed by atoms with E-state index >= 15 is 0 Å². The Bertz CT molecular complexity index is 2740. The van der Waals surface area contributed by atoms with Crippen molar-refractivity contribution in [2.24, 2.45) is 17.8 Å². The monoisotopic (exact) mass is 727 g/mol. The number of hydrogen-bond acceptors (Lipinski definition) is 6. The number of furan rings is 1. The van der Waals surface area contributed by atoms with E-state index in [0.29, 0.717) is 39.7 Å². The number of nitriles is 1. The molecule has 0 N–H and O–H groups in total. The number of aromatic nitrogens is 4. The van der Waals surface area contributed by atoms with Crippen molar-refractivity contribution in [1.82, 2.24) is 19.9 Å². The number of rotatable bonds is 6. The van der Waals surface area contributed by atoms with Gasteiger partial charge in [-0.15, -0.1) is 0 Å². The van der Waals surface area contributed by atoms with E-state index in [1.165, 1.54) is 43.2 Å². The zero-order valence-electron chi connectivity index (χ0n) is 31.6. The van der Waals surface area contributed by atoms with Gasteiger partial charge >= 0.3 is 0 Å². The summed E-state index contributed by atoms with van der Waals surface area (Å²) in [4.78, 5) is 19.7. The quantitative estimate of drug-likeness (QED) is 0.169. The molecule has 5 aromatic carbocycles. The average Bonchev–Trinajstić information content (AvgIpc) is 3.62. The lowest BCUT2D eigenvalue weighted by atomic mass is 9.54. The zero-order chi connectivity index (χ0) is 37.8. The summed E-state index contributed by atoms with van der Waals surface area (Å²) in [6.45, 7) is 4.91. The van der Waals surface area contributed by atoms with Gasteiger partial charge in [0.25, 0.3) is 0 Å². The van der Waals surface area contributed by atoms with Crippen LogP contribution in [-0.2, 0) is 5.41 Å². The zero-order valence-corrected chi connectivity index (χ0v) is 31.6. The molecule has 2 fully saturated rings. The van der Waals surface area contributed by atoms with E-state index in [2.05, 4.69) is 85.6 Å². The number of pyridine rings is 1. The van der Waals surface area contributed by atoms with Crippen molar-refractivity contribution in [2.75, 3.05) is 0 Å². The summed E-state index contributed by atoms with van der Waals surface area (Å²) in [6, 6.07) is 46.0. The third-order valence-corrected chi connectivity index (χ3v) is 12.2. The van der Waals surface area contributed by atoms with Crippen molar-refractivity contribution in [3.05, 3.63) is 145 Å². The van der Waals surface area contributed by atoms with Crippen LogP contribution >= 0.6 is 0 Å². The predicted molar refractivity (Wildman–Crippen MR) is 223 cm³/mol. The van der Waals surface area contributed by atoms with E-state index in [1.54, 1.807) is 6.20 Å². The first-order valence-corrected chi connectivity index (χ1v) is 19.8. The highest BCUT2D eigenvalue weighted by Gasteiger charge is 2.45. The van der Waals surface area contributed by atoms with Gasteiger partial charge in [0.05, 0.1) is 17.2 Å². The molecule has 6 heteroatoms. The summed E-state index contributed by atoms with van der Waals surface area (Å²) in [5.41, 5.74) is 10.8. The highest BCUT2D eigenvalue weighted by molar-refractivity contribution is 6.08. The molecule has 10 rings (SSSR count). The Morgan fingerprint density at radius 3 is 1.68 bits per heavy atom. The fourth-order valence-electron chi connectivity index (χ4n) is 10.00. The maximum atomic E-state index is 9.24. The van der Waals surface area contributed by atoms with Crippen LogP contribution in [0.2, 0.25) is 0 Å². The van der Waals surface area contributed by atoms with Crippen LogP contribution in [0.25, 0.3) is 78.5 Å². The molecule has 3 heterocycles. The summed E-state index contributed by atoms with van der Waals surface area (Å²) in [5, 5.41) is 11.2. The molecule has 272 valence electrons. The summed E-state index contributed by atoms with van der Waals surface area (Å²) in [7, 11) is 0. The SMILES string of the molecule is C[C@@H]1C[C@@H]2C[C@H](C)CC(c3ccc(-c4ccc(-c5nc(-c6ccc(-c7ccc(C#N)cc7)cc6)nc(-c6cccc7c6oc6ncccc67)n5)cc4)cc3)(C1)C2. The highest BCUT2D eigenvalue weighted by Crippen LogP contribution is 2.54. The molecule has 2 saturated carbocycles. The second-order valence-corrected chi connectivity index (χ2v) is 16.3. The molecule has 0 saturated heterocycles. The van der Waals surface area contributed by atoms with Crippen LogP contribution in [0.1, 0.15) is 57.1 Å². The van der Waals surface area contributed by atoms with Crippen LogP contribution < -0.4 is 0 Å². The molecule has 1 unspecified atom stereocenters. The molecular formula is C50H41N5O. The van der Waals surface area contributed by atoms with Crippen LogP contribution in [0, 0.1) is 29.1 Å². The van der Waals surface area contributed by atoms with E-state index in [9.17, 15) is 5.26 Å². The maximum absolute atomic E-state index is 9.24. The average molecular weight is 728 g/mol. The molecule has 0 spiro atoms. The van der Waals surface area contributed by atoms with Gasteiger partial charge in [0, 0.05) is 28.1 Å². The smallest absolute Gasteiger partial charge is 0.227 e. The minimum Gasteiger partial charge on any atom is -0.437 e. The summed E-state index contributed by atoms with van der Waals surface area (Å²) < 4.78 is 6.32. The Labute approximate surface area is 327 Å². The van der Waals surface area contributed by atoms with Crippen molar-refractivity contribution < 1.29 is 4.42 Å². The lowest BCUT2D eigenvalue weighted by Crippen LogP contribution is -2.42. The molecule has 4 atom stereocenters. The predicted octanol–water partition coefficient (Wildman–Crippen LogP) is 12.5. The van der Waals surface area contributed by atoms with E-state index in [-0.39, 0.29) is 0 Å². The fraction of sp³-hybridized carbons (Fsp3) is 0.220. The van der Waals surface area contributed by atoms with Gasteiger partial charge in [-0.3, -0.25) is 0 Å². The van der Waals surface area contributed by atoms with E-state index in [1.807, 2.05) is 66.7 Å². The van der Waals surface area contributed by atoms with Gasteiger partial charge in [0.1, 0.15) is 5.58 Å². The Morgan fingerprint density at radius 1 is 0.571 bits per heavy atom. The number of benzene rings is 5. The van der Waals surface area contributed by atoms with Gasteiger partial charge in [0.15, 0.2) is 17.5 Å². The first-order valence-electron chi connectivity index (χ1n) is 19.8. The van der Waals surface area contributed by atoms with Gasteiger partial charge in [-0.2, -0.15) is 5.26 Å². The molecule has 3 aromatic heterocycles. The van der Waals surface area contributed by atoms with Gasteiger partial charge < -0.3 is 4.42 Å². The van der Waals surface area contributed by atoms with Gasteiger partial charge in [-0.1, -0.05) is 111 Å². The third-order valence-electron chi connectivity index (χ3n) is 12.2. The largest absolute Gasteiger partial charge is 0.437 e. The van der Waals surface area contributed by atoms with E-state index in [4.69, 9.17) is 19.4 Å². The first kappa shape index (κ1) is 34.1. The van der Waals surface area contributed by atoms with Crippen LogP contribution in [-0.4, -0.2) is 19.9 Å². The molecule has 0 amide bonds. The van der Waals surface area contributed by atoms with Crippen molar-refractivity contribution >= 4 is 22.1 Å². The Morgan fingerprint density at radius 2 is 1.09 bits per heavy atom. The number of nitrogens with zero attached hydrogens (tertiary/aromatic N) is 5. The van der Waals surface area contributed by atoms with Crippen LogP contribution in [0.15, 0.2) is 138 Å². The maximum Gasteiger partial charge on any atom is 0.227 e. The molecule has 2 aliphatic carbocycles. The number of hydrogen-bond donors (Lipinski definition) is 0. The number of para-hydroxylation sites is 1. The van der Waals surface area contributed by atoms with Crippen molar-refractivity contribution in [1.29, 1.82) is 5.26 Å². The topological polar surface area (TPSA) is 88.5 Å². The molecule has 0 aliphatic heterocycles. The molecule has 0 radical (unpaired) electrons. The Balaban J connectivity index is 1.01. The summed E-state index contributed by atoms with van der Waals surface area (Å²) >= 11 is 0. The molecule has 56 heavy (non-hydrogen) atoms. The van der Waals surface area contributed by atoms with Crippen LogP contribution in [0.5, 0.6) is 0 Å². The third kappa shape index (κ3) is 6.14. The first-order chi connectivity index (χ1) is 27.4. The molecule has 8 aromatic rings. The molecule has 6 nitrogen and oxygen atoms in total. The second kappa shape index (κ2) is 13.7. The molecule has 2 bridgehead atoms. The second-order valence-electron chi connectivity index (χ2n) is 16.3. The van der Waals surface area contributed by atoms with Crippen LogP contribution in [0.3, 0.4) is 0 Å². The van der Waals surface area contributed by atoms with Gasteiger partial charge in [0.2, 0.25) is 5.71 Å². The van der Waals surface area contributed by atoms with Crippen LogP contribution in [0.4, 0.5) is 0 Å². The lowest BCUT2D eigenvalue weighted by molar-refractivity contribution is 0.0780. The summed E-state index contributed by atoms with van der Waals surface area (Å²) in [6.07, 6.45) is 8.47. The van der Waals surface area contributed by atoms with Crippen molar-refractivity contribution in [3.63, 3.8) is 0 Å². The fourth-order valence-corrected chi connectivity index (χ4v) is 10.00. The standard InChI is InChI=1S/C50H41N5O/c1-31-25-34-26-32(2)28-50(27-31,29-34)41-22-20-38(21-23-41)37-14-18-40(19-15-37)47-53-46(39-16-12-36(13-17-39)35-10-8-33(30-51)9-11-35)54-48(55-47)44-6-3-5-42-43-7-4-24-52-49(43)56-45(42)44/h3-24,31-32,34H,25-29H2,1-2H3/t31-,32+,34-,50?. The Hall–Kier alpha value is -6.45. The van der Waals surface area contributed by atoms with E-state index < -0.39 is 0 Å². The summed E-state index contributed by atoms with van der Waals surface area (Å²) in [5.74, 6) is 4.13. The van der Waals surface area contributed by atoms with Gasteiger partial charge in [-0.25, -0.2) is 19.9 Å². The number of fused-ring (bicyclic) bond motifs is 5. The van der Waals surface area contributed by atoms with E-state index in [0.717, 1.165) is 61.9 Å². The van der Waals surface area contributed by atoms with Gasteiger partial charge in [-0.05, 0) is 113 Å². The van der Waals surface area contributed by atoms with Crippen molar-refractivity contribution in [2.45, 2.75) is 51.4 Å².